The molecule has 4 atom stereocenters. The van der Waals surface area contributed by atoms with Crippen LogP contribution in [0, 0.1) is 11.8 Å². The van der Waals surface area contributed by atoms with E-state index >= 15 is 0 Å². The lowest BCUT2D eigenvalue weighted by atomic mass is 9.99. The second kappa shape index (κ2) is 15.5. The summed E-state index contributed by atoms with van der Waals surface area (Å²) < 4.78 is 0. The SMILES string of the molecule is CSCCC(N)C(=O)NC(Cc1c[nH]c2ccccc12)C(=O)NC(CC(C)C)C(=O)NC(CC(C)C)C(=O)O. The van der Waals surface area contributed by atoms with Gasteiger partial charge in [0.05, 0.1) is 6.04 Å². The highest BCUT2D eigenvalue weighted by Crippen LogP contribution is 2.19. The number of fused-ring (bicyclic) bond motifs is 1. The van der Waals surface area contributed by atoms with Gasteiger partial charge in [-0.3, -0.25) is 14.4 Å². The highest BCUT2D eigenvalue weighted by atomic mass is 32.2. The molecule has 39 heavy (non-hydrogen) atoms. The molecule has 11 heteroatoms. The highest BCUT2D eigenvalue weighted by Gasteiger charge is 2.31. The van der Waals surface area contributed by atoms with Gasteiger partial charge in [0.2, 0.25) is 17.7 Å². The molecule has 2 rings (SSSR count). The number of aliphatic carboxylic acids is 1. The number of aromatic nitrogens is 1. The molecule has 3 amide bonds. The number of carbonyl (C=O) groups is 4. The zero-order chi connectivity index (χ0) is 29.1. The van der Waals surface area contributed by atoms with Crippen LogP contribution in [0.1, 0.15) is 52.5 Å². The molecule has 216 valence electrons. The Balaban J connectivity index is 2.29. The number of hydrogen-bond donors (Lipinski definition) is 6. The lowest BCUT2D eigenvalue weighted by molar-refractivity contribution is -0.143. The number of hydrogen-bond acceptors (Lipinski definition) is 6. The minimum absolute atomic E-state index is 0.0380. The highest BCUT2D eigenvalue weighted by molar-refractivity contribution is 7.98. The van der Waals surface area contributed by atoms with Crippen molar-refractivity contribution in [1.82, 2.24) is 20.9 Å². The van der Waals surface area contributed by atoms with Gasteiger partial charge < -0.3 is 31.8 Å². The van der Waals surface area contributed by atoms with E-state index in [1.807, 2.05) is 58.2 Å². The number of aromatic amines is 1. The molecule has 7 N–H and O–H groups in total. The van der Waals surface area contributed by atoms with Crippen LogP contribution in [0.25, 0.3) is 10.9 Å². The van der Waals surface area contributed by atoms with E-state index in [9.17, 15) is 24.3 Å². The van der Waals surface area contributed by atoms with Gasteiger partial charge in [0, 0.05) is 23.5 Å². The number of benzene rings is 1. The third-order valence-electron chi connectivity index (χ3n) is 6.36. The number of H-pyrrole nitrogens is 1. The fourth-order valence-corrected chi connectivity index (χ4v) is 4.81. The van der Waals surface area contributed by atoms with Crippen molar-refractivity contribution in [2.75, 3.05) is 12.0 Å². The van der Waals surface area contributed by atoms with Crippen LogP contribution in [0.15, 0.2) is 30.5 Å². The van der Waals surface area contributed by atoms with E-state index in [1.54, 1.807) is 18.0 Å². The van der Waals surface area contributed by atoms with E-state index in [0.717, 1.165) is 16.5 Å². The lowest BCUT2D eigenvalue weighted by Crippen LogP contribution is -2.58. The minimum atomic E-state index is -1.13. The molecule has 0 radical (unpaired) electrons. The molecule has 1 heterocycles. The number of thioether (sulfide) groups is 1. The molecule has 4 unspecified atom stereocenters. The van der Waals surface area contributed by atoms with Crippen LogP contribution in [-0.2, 0) is 25.6 Å². The smallest absolute Gasteiger partial charge is 0.326 e. The van der Waals surface area contributed by atoms with Crippen LogP contribution in [0.2, 0.25) is 0 Å². The molecule has 0 aliphatic rings. The van der Waals surface area contributed by atoms with Gasteiger partial charge >= 0.3 is 5.97 Å². The zero-order valence-electron chi connectivity index (χ0n) is 23.5. The van der Waals surface area contributed by atoms with Crippen molar-refractivity contribution >= 4 is 46.4 Å². The Morgan fingerprint density at radius 3 is 2.08 bits per heavy atom. The molecule has 0 spiro atoms. The minimum Gasteiger partial charge on any atom is -0.480 e. The van der Waals surface area contributed by atoms with Crippen molar-refractivity contribution in [3.8, 4) is 0 Å². The van der Waals surface area contributed by atoms with Crippen molar-refractivity contribution < 1.29 is 24.3 Å². The Kier molecular flexibility index (Phi) is 12.8. The third kappa shape index (κ3) is 10.2. The van der Waals surface area contributed by atoms with Crippen molar-refractivity contribution in [2.24, 2.45) is 17.6 Å². The second-order valence-electron chi connectivity index (χ2n) is 10.7. The van der Waals surface area contributed by atoms with Crippen molar-refractivity contribution in [3.05, 3.63) is 36.0 Å². The summed E-state index contributed by atoms with van der Waals surface area (Å²) >= 11 is 1.58. The molecule has 0 saturated heterocycles. The summed E-state index contributed by atoms with van der Waals surface area (Å²) in [5.41, 5.74) is 7.80. The topological polar surface area (TPSA) is 166 Å². The van der Waals surface area contributed by atoms with Crippen LogP contribution < -0.4 is 21.7 Å². The third-order valence-corrected chi connectivity index (χ3v) is 7.01. The number of rotatable bonds is 16. The van der Waals surface area contributed by atoms with Gasteiger partial charge in [0.25, 0.3) is 0 Å². The van der Waals surface area contributed by atoms with Crippen LogP contribution >= 0.6 is 11.8 Å². The van der Waals surface area contributed by atoms with Gasteiger partial charge in [-0.1, -0.05) is 45.9 Å². The Morgan fingerprint density at radius 1 is 0.897 bits per heavy atom. The number of amides is 3. The van der Waals surface area contributed by atoms with Crippen molar-refractivity contribution in [3.63, 3.8) is 0 Å². The Bertz CT molecular complexity index is 1120. The van der Waals surface area contributed by atoms with Crippen LogP contribution in [-0.4, -0.2) is 70.0 Å². The molecule has 1 aromatic heterocycles. The number of para-hydroxylation sites is 1. The van der Waals surface area contributed by atoms with E-state index in [0.29, 0.717) is 18.6 Å². The van der Waals surface area contributed by atoms with E-state index in [1.165, 1.54) is 0 Å². The number of carboxylic acid groups (broad SMARTS) is 1. The quantitative estimate of drug-likeness (QED) is 0.183. The molecule has 0 fully saturated rings. The van der Waals surface area contributed by atoms with Crippen LogP contribution in [0.4, 0.5) is 0 Å². The molecule has 0 aliphatic heterocycles. The van der Waals surface area contributed by atoms with Crippen molar-refractivity contribution in [1.29, 1.82) is 0 Å². The first-order chi connectivity index (χ1) is 18.4. The maximum absolute atomic E-state index is 13.6. The monoisotopic (exact) mass is 561 g/mol. The molecule has 0 aliphatic carbocycles. The summed E-state index contributed by atoms with van der Waals surface area (Å²) in [5.74, 6) is -1.90. The standard InChI is InChI=1S/C28H43N5O5S/c1-16(2)12-22(26(35)33-24(28(37)38)13-17(3)4)32-27(36)23(31-25(34)20(29)10-11-39-5)14-18-15-30-21-9-7-6-8-19(18)21/h6-9,15-17,20,22-24,30H,10-14,29H2,1-5H3,(H,31,34)(H,32,36)(H,33,35)(H,37,38). The summed E-state index contributed by atoms with van der Waals surface area (Å²) in [7, 11) is 0. The summed E-state index contributed by atoms with van der Waals surface area (Å²) in [6.07, 6.45) is 4.92. The van der Waals surface area contributed by atoms with Gasteiger partial charge in [-0.2, -0.15) is 11.8 Å². The summed E-state index contributed by atoms with van der Waals surface area (Å²) in [4.78, 5) is 54.6. The van der Waals surface area contributed by atoms with E-state index < -0.39 is 47.9 Å². The first-order valence-corrected chi connectivity index (χ1v) is 14.8. The Morgan fingerprint density at radius 2 is 1.46 bits per heavy atom. The van der Waals surface area contributed by atoms with E-state index in [-0.39, 0.29) is 24.7 Å². The number of carboxylic acids is 1. The number of nitrogens with one attached hydrogen (secondary N) is 4. The van der Waals surface area contributed by atoms with Gasteiger partial charge in [0.15, 0.2) is 0 Å². The molecular formula is C28H43N5O5S. The van der Waals surface area contributed by atoms with Crippen molar-refractivity contribution in [2.45, 2.75) is 77.5 Å². The fourth-order valence-electron chi connectivity index (χ4n) is 4.32. The van der Waals surface area contributed by atoms with Gasteiger partial charge in [0.1, 0.15) is 18.1 Å². The first-order valence-electron chi connectivity index (χ1n) is 13.4. The number of nitrogens with two attached hydrogens (primary N) is 1. The summed E-state index contributed by atoms with van der Waals surface area (Å²) in [5, 5.41) is 18.7. The number of carbonyl (C=O) groups excluding carboxylic acids is 3. The normalized spacial score (nSPS) is 14.6. The summed E-state index contributed by atoms with van der Waals surface area (Å²) in [6, 6.07) is 3.83. The molecule has 0 saturated carbocycles. The van der Waals surface area contributed by atoms with Gasteiger partial charge in [-0.15, -0.1) is 0 Å². The predicted molar refractivity (Wildman–Crippen MR) is 155 cm³/mol. The molecule has 2 aromatic rings. The zero-order valence-corrected chi connectivity index (χ0v) is 24.3. The summed E-state index contributed by atoms with van der Waals surface area (Å²) in [6.45, 7) is 7.56. The van der Waals surface area contributed by atoms with Gasteiger partial charge in [-0.25, -0.2) is 4.79 Å². The fraction of sp³-hybridized carbons (Fsp3) is 0.571. The predicted octanol–water partition coefficient (Wildman–Crippen LogP) is 2.42. The largest absolute Gasteiger partial charge is 0.480 e. The van der Waals surface area contributed by atoms with Crippen LogP contribution in [0.5, 0.6) is 0 Å². The molecular weight excluding hydrogens is 518 g/mol. The van der Waals surface area contributed by atoms with Gasteiger partial charge in [-0.05, 0) is 54.7 Å². The average Bonchev–Trinajstić information content (AvgIpc) is 3.28. The van der Waals surface area contributed by atoms with E-state index in [4.69, 9.17) is 5.73 Å². The average molecular weight is 562 g/mol. The van der Waals surface area contributed by atoms with Crippen LogP contribution in [0.3, 0.4) is 0 Å². The Hall–Kier alpha value is -3.05. The second-order valence-corrected chi connectivity index (χ2v) is 11.7. The first kappa shape index (κ1) is 32.2. The Labute approximate surface area is 234 Å². The molecule has 10 nitrogen and oxygen atoms in total. The maximum atomic E-state index is 13.6. The molecule has 0 bridgehead atoms. The molecule has 1 aromatic carbocycles. The lowest BCUT2D eigenvalue weighted by Gasteiger charge is -2.26. The van der Waals surface area contributed by atoms with E-state index in [2.05, 4.69) is 20.9 Å². The maximum Gasteiger partial charge on any atom is 0.326 e.